The molecule has 3 aromatic rings. The first-order chi connectivity index (χ1) is 14.9. The van der Waals surface area contributed by atoms with Crippen LogP contribution in [0.5, 0.6) is 0 Å². The summed E-state index contributed by atoms with van der Waals surface area (Å²) in [5.41, 5.74) is 1.29. The van der Waals surface area contributed by atoms with Gasteiger partial charge in [-0.25, -0.2) is 19.3 Å². The van der Waals surface area contributed by atoms with Gasteiger partial charge in [-0.1, -0.05) is 19.1 Å². The van der Waals surface area contributed by atoms with Gasteiger partial charge in [0.2, 0.25) is 0 Å². The minimum absolute atomic E-state index is 0.0445. The van der Waals surface area contributed by atoms with Gasteiger partial charge in [-0.05, 0) is 65.7 Å². The number of thiazole rings is 1. The molecular weight excluding hydrogens is 479 g/mol. The van der Waals surface area contributed by atoms with Crippen molar-refractivity contribution in [1.82, 2.24) is 19.9 Å². The maximum Gasteiger partial charge on any atom is 0.274 e. The summed E-state index contributed by atoms with van der Waals surface area (Å²) in [5.74, 6) is 0.835. The molecule has 1 aromatic carbocycles. The van der Waals surface area contributed by atoms with Crippen molar-refractivity contribution in [1.29, 1.82) is 0 Å². The average Bonchev–Trinajstić information content (AvgIpc) is 3.15. The summed E-state index contributed by atoms with van der Waals surface area (Å²) in [4.78, 5) is 29.8. The zero-order valence-electron chi connectivity index (χ0n) is 17.5. The van der Waals surface area contributed by atoms with E-state index in [9.17, 15) is 9.18 Å². The average molecular weight is 503 g/mol. The van der Waals surface area contributed by atoms with Gasteiger partial charge in [0.25, 0.3) is 5.91 Å². The lowest BCUT2D eigenvalue weighted by molar-refractivity contribution is 0.0494. The van der Waals surface area contributed by atoms with Crippen molar-refractivity contribution in [3.63, 3.8) is 0 Å². The van der Waals surface area contributed by atoms with E-state index >= 15 is 0 Å². The van der Waals surface area contributed by atoms with Crippen molar-refractivity contribution in [3.05, 3.63) is 63.5 Å². The molecule has 0 N–H and O–H groups in total. The van der Waals surface area contributed by atoms with Crippen LogP contribution in [0.4, 0.5) is 4.39 Å². The predicted octanol–water partition coefficient (Wildman–Crippen LogP) is 5.68. The molecule has 2 atom stereocenters. The molecule has 0 spiro atoms. The SMILES string of the molecule is Cc1nc(C(=O)N2CCC[C@@H](C)[C@H]2CCc2ncc(Br)cn2)c(-c2ccc(F)cc2)s1. The highest BCUT2D eigenvalue weighted by Gasteiger charge is 2.34. The van der Waals surface area contributed by atoms with Gasteiger partial charge in [-0.2, -0.15) is 0 Å². The monoisotopic (exact) mass is 502 g/mol. The molecule has 8 heteroatoms. The second kappa shape index (κ2) is 9.53. The van der Waals surface area contributed by atoms with Crippen molar-refractivity contribution in [3.8, 4) is 10.4 Å². The van der Waals surface area contributed by atoms with Crippen LogP contribution in [0.15, 0.2) is 41.1 Å². The summed E-state index contributed by atoms with van der Waals surface area (Å²) in [7, 11) is 0. The van der Waals surface area contributed by atoms with Crippen molar-refractivity contribution >= 4 is 33.2 Å². The third kappa shape index (κ3) is 5.01. The Hall–Kier alpha value is -2.19. The van der Waals surface area contributed by atoms with Crippen molar-refractivity contribution < 1.29 is 9.18 Å². The molecule has 162 valence electrons. The zero-order chi connectivity index (χ0) is 22.0. The molecule has 31 heavy (non-hydrogen) atoms. The summed E-state index contributed by atoms with van der Waals surface area (Å²) in [5, 5.41) is 0.826. The number of amides is 1. The van der Waals surface area contributed by atoms with Crippen molar-refractivity contribution in [2.24, 2.45) is 5.92 Å². The number of hydrogen-bond acceptors (Lipinski definition) is 5. The van der Waals surface area contributed by atoms with E-state index in [0.717, 1.165) is 45.0 Å². The molecule has 2 aromatic heterocycles. The van der Waals surface area contributed by atoms with Gasteiger partial charge < -0.3 is 4.90 Å². The number of hydrogen-bond donors (Lipinski definition) is 0. The molecule has 1 aliphatic rings. The number of likely N-dealkylation sites (tertiary alicyclic amines) is 1. The number of halogens is 2. The first-order valence-electron chi connectivity index (χ1n) is 10.4. The fraction of sp³-hybridized carbons (Fsp3) is 0.391. The molecule has 3 heterocycles. The first kappa shape index (κ1) is 22.0. The minimum Gasteiger partial charge on any atom is -0.334 e. The molecule has 4 rings (SSSR count). The topological polar surface area (TPSA) is 59.0 Å². The second-order valence-electron chi connectivity index (χ2n) is 7.96. The third-order valence-corrected chi connectivity index (χ3v) is 7.19. The Morgan fingerprint density at radius 1 is 1.26 bits per heavy atom. The van der Waals surface area contributed by atoms with Crippen LogP contribution < -0.4 is 0 Å². The summed E-state index contributed by atoms with van der Waals surface area (Å²) in [6, 6.07) is 6.36. The number of piperidine rings is 1. The van der Waals surface area contributed by atoms with E-state index < -0.39 is 0 Å². The zero-order valence-corrected chi connectivity index (χ0v) is 19.9. The van der Waals surface area contributed by atoms with E-state index in [-0.39, 0.29) is 17.8 Å². The Morgan fingerprint density at radius 2 is 1.97 bits per heavy atom. The van der Waals surface area contributed by atoms with Gasteiger partial charge in [-0.3, -0.25) is 4.79 Å². The molecule has 0 saturated carbocycles. The van der Waals surface area contributed by atoms with Crippen molar-refractivity contribution in [2.45, 2.75) is 45.6 Å². The number of carbonyl (C=O) groups excluding carboxylic acids is 1. The fourth-order valence-corrected chi connectivity index (χ4v) is 5.31. The smallest absolute Gasteiger partial charge is 0.274 e. The Balaban J connectivity index is 1.58. The van der Waals surface area contributed by atoms with Crippen LogP contribution in [0.2, 0.25) is 0 Å². The molecule has 0 radical (unpaired) electrons. The van der Waals surface area contributed by atoms with E-state index in [1.807, 2.05) is 11.8 Å². The van der Waals surface area contributed by atoms with E-state index in [4.69, 9.17) is 0 Å². The number of benzene rings is 1. The van der Waals surface area contributed by atoms with Crippen LogP contribution in [-0.2, 0) is 6.42 Å². The molecule has 0 aliphatic carbocycles. The molecule has 0 bridgehead atoms. The highest BCUT2D eigenvalue weighted by molar-refractivity contribution is 9.10. The van der Waals surface area contributed by atoms with Gasteiger partial charge in [0, 0.05) is 31.4 Å². The van der Waals surface area contributed by atoms with Crippen LogP contribution in [-0.4, -0.2) is 38.3 Å². The van der Waals surface area contributed by atoms with Crippen LogP contribution in [0.3, 0.4) is 0 Å². The summed E-state index contributed by atoms with van der Waals surface area (Å²) < 4.78 is 14.3. The number of rotatable bonds is 5. The largest absolute Gasteiger partial charge is 0.334 e. The van der Waals surface area contributed by atoms with E-state index in [1.54, 1.807) is 24.5 Å². The van der Waals surface area contributed by atoms with Gasteiger partial charge in [0.15, 0.2) is 0 Å². The number of aryl methyl sites for hydroxylation is 2. The summed E-state index contributed by atoms with van der Waals surface area (Å²) in [6.07, 6.45) is 7.10. The maximum absolute atomic E-state index is 13.6. The lowest BCUT2D eigenvalue weighted by Gasteiger charge is -2.40. The molecule has 1 fully saturated rings. The third-order valence-electron chi connectivity index (χ3n) is 5.76. The molecule has 1 aliphatic heterocycles. The van der Waals surface area contributed by atoms with Gasteiger partial charge in [-0.15, -0.1) is 11.3 Å². The summed E-state index contributed by atoms with van der Waals surface area (Å²) in [6.45, 7) is 4.82. The molecule has 1 saturated heterocycles. The van der Waals surface area contributed by atoms with E-state index in [2.05, 4.69) is 37.8 Å². The standard InChI is InChI=1S/C23H24BrFN4OS/c1-14-4-3-11-29(19(14)9-10-20-26-12-17(24)13-27-20)23(30)21-22(31-15(2)28-21)16-5-7-18(25)8-6-16/h5-8,12-14,19H,3-4,9-11H2,1-2H3/t14-,19-/m1/s1. The van der Waals surface area contributed by atoms with Crippen LogP contribution in [0, 0.1) is 18.7 Å². The second-order valence-corrected chi connectivity index (χ2v) is 10.1. The van der Waals surface area contributed by atoms with Gasteiger partial charge >= 0.3 is 0 Å². The Kier molecular flexibility index (Phi) is 6.77. The number of aromatic nitrogens is 3. The predicted molar refractivity (Wildman–Crippen MR) is 124 cm³/mol. The Labute approximate surface area is 193 Å². The fourth-order valence-electron chi connectivity index (χ4n) is 4.19. The Morgan fingerprint density at radius 3 is 2.68 bits per heavy atom. The lowest BCUT2D eigenvalue weighted by Crippen LogP contribution is -2.48. The molecule has 1 amide bonds. The number of nitrogens with zero attached hydrogens (tertiary/aromatic N) is 4. The first-order valence-corrected chi connectivity index (χ1v) is 12.0. The molecular formula is C23H24BrFN4OS. The summed E-state index contributed by atoms with van der Waals surface area (Å²) >= 11 is 4.84. The molecule has 5 nitrogen and oxygen atoms in total. The van der Waals surface area contributed by atoms with Gasteiger partial charge in [0.05, 0.1) is 14.4 Å². The maximum atomic E-state index is 13.6. The van der Waals surface area contributed by atoms with Crippen LogP contribution >= 0.6 is 27.3 Å². The number of carbonyl (C=O) groups is 1. The van der Waals surface area contributed by atoms with E-state index in [1.165, 1.54) is 23.5 Å². The highest BCUT2D eigenvalue weighted by Crippen LogP contribution is 2.34. The van der Waals surface area contributed by atoms with Gasteiger partial charge in [0.1, 0.15) is 17.3 Å². The van der Waals surface area contributed by atoms with E-state index in [0.29, 0.717) is 24.6 Å². The minimum atomic E-state index is -0.294. The van der Waals surface area contributed by atoms with Crippen molar-refractivity contribution in [2.75, 3.05) is 6.54 Å². The highest BCUT2D eigenvalue weighted by atomic mass is 79.9. The molecule has 0 unspecified atom stereocenters. The van der Waals surface area contributed by atoms with Crippen LogP contribution in [0.25, 0.3) is 10.4 Å². The quantitative estimate of drug-likeness (QED) is 0.449. The van der Waals surface area contributed by atoms with Crippen LogP contribution in [0.1, 0.15) is 47.5 Å². The Bertz CT molecular complexity index is 1050. The normalized spacial score (nSPS) is 18.9. The lowest BCUT2D eigenvalue weighted by atomic mass is 9.87.